The summed E-state index contributed by atoms with van der Waals surface area (Å²) < 4.78 is 21.6. The molecule has 0 unspecified atom stereocenters. The standard InChI is InChI=1S/C26H22O7/c1-3-13-31-24(27)20-12-10-16-7-5-6-8-19(16)23(20)33-26(29)21-14-17-9-11-18(30-4-2)15-22(17)32-25(21)28/h5-12,14-15H,3-4,13H2,1-2H3. The molecule has 7 heteroatoms. The van der Waals surface area contributed by atoms with Crippen LogP contribution in [0.1, 0.15) is 41.0 Å². The Bertz CT molecular complexity index is 1400. The van der Waals surface area contributed by atoms with Gasteiger partial charge in [-0.25, -0.2) is 14.4 Å². The highest BCUT2D eigenvalue weighted by Crippen LogP contribution is 2.31. The van der Waals surface area contributed by atoms with Gasteiger partial charge >= 0.3 is 17.6 Å². The van der Waals surface area contributed by atoms with Gasteiger partial charge in [0.2, 0.25) is 0 Å². The molecule has 33 heavy (non-hydrogen) atoms. The van der Waals surface area contributed by atoms with E-state index < -0.39 is 17.6 Å². The topological polar surface area (TPSA) is 92.0 Å². The Morgan fingerprint density at radius 3 is 2.45 bits per heavy atom. The van der Waals surface area contributed by atoms with Crippen LogP contribution < -0.4 is 15.1 Å². The molecule has 0 radical (unpaired) electrons. The predicted octanol–water partition coefficient (Wildman–Crippen LogP) is 5.13. The third-order valence-electron chi connectivity index (χ3n) is 4.97. The first kappa shape index (κ1) is 22.1. The highest BCUT2D eigenvalue weighted by Gasteiger charge is 2.23. The van der Waals surface area contributed by atoms with Gasteiger partial charge in [0.1, 0.15) is 22.5 Å². The van der Waals surface area contributed by atoms with Gasteiger partial charge in [-0.3, -0.25) is 0 Å². The Kier molecular flexibility index (Phi) is 6.40. The summed E-state index contributed by atoms with van der Waals surface area (Å²) in [7, 11) is 0. The maximum atomic E-state index is 13.0. The number of carbonyl (C=O) groups is 2. The van der Waals surface area contributed by atoms with Crippen LogP contribution in [-0.2, 0) is 4.74 Å². The van der Waals surface area contributed by atoms with Gasteiger partial charge in [0, 0.05) is 16.8 Å². The number of ether oxygens (including phenoxy) is 3. The molecule has 0 aliphatic carbocycles. The van der Waals surface area contributed by atoms with Crippen LogP contribution >= 0.6 is 0 Å². The van der Waals surface area contributed by atoms with Gasteiger partial charge in [0.15, 0.2) is 5.75 Å². The smallest absolute Gasteiger partial charge is 0.351 e. The fraction of sp³-hybridized carbons (Fsp3) is 0.192. The molecule has 0 amide bonds. The van der Waals surface area contributed by atoms with Crippen molar-refractivity contribution < 1.29 is 28.2 Å². The first-order valence-electron chi connectivity index (χ1n) is 10.6. The number of carbonyl (C=O) groups excluding carboxylic acids is 2. The van der Waals surface area contributed by atoms with E-state index in [0.717, 1.165) is 5.39 Å². The lowest BCUT2D eigenvalue weighted by Gasteiger charge is -2.13. The molecule has 0 aliphatic rings. The molecule has 0 saturated heterocycles. The van der Waals surface area contributed by atoms with Crippen LogP contribution in [0, 0.1) is 0 Å². The zero-order valence-corrected chi connectivity index (χ0v) is 18.3. The lowest BCUT2D eigenvalue weighted by atomic mass is 10.1. The molecule has 1 aromatic heterocycles. The van der Waals surface area contributed by atoms with Crippen molar-refractivity contribution in [2.24, 2.45) is 0 Å². The van der Waals surface area contributed by atoms with Crippen LogP contribution in [0.15, 0.2) is 69.9 Å². The van der Waals surface area contributed by atoms with Crippen molar-refractivity contribution in [2.45, 2.75) is 20.3 Å². The van der Waals surface area contributed by atoms with Gasteiger partial charge in [-0.1, -0.05) is 37.3 Å². The monoisotopic (exact) mass is 446 g/mol. The van der Waals surface area contributed by atoms with Crippen LogP contribution in [0.3, 0.4) is 0 Å². The summed E-state index contributed by atoms with van der Waals surface area (Å²) >= 11 is 0. The first-order valence-corrected chi connectivity index (χ1v) is 10.6. The minimum absolute atomic E-state index is 0.0328. The summed E-state index contributed by atoms with van der Waals surface area (Å²) in [5, 5.41) is 1.84. The average Bonchev–Trinajstić information content (AvgIpc) is 2.82. The number of fused-ring (bicyclic) bond motifs is 2. The lowest BCUT2D eigenvalue weighted by Crippen LogP contribution is -2.20. The normalized spacial score (nSPS) is 10.8. The van der Waals surface area contributed by atoms with E-state index in [0.29, 0.717) is 29.5 Å². The second-order valence-electron chi connectivity index (χ2n) is 7.27. The van der Waals surface area contributed by atoms with E-state index in [9.17, 15) is 14.4 Å². The van der Waals surface area contributed by atoms with Crippen LogP contribution in [0.5, 0.6) is 11.5 Å². The van der Waals surface area contributed by atoms with Gasteiger partial charge in [-0.15, -0.1) is 0 Å². The van der Waals surface area contributed by atoms with Gasteiger partial charge in [-0.05, 0) is 43.0 Å². The Morgan fingerprint density at radius 1 is 0.879 bits per heavy atom. The average molecular weight is 446 g/mol. The molecule has 0 atom stereocenters. The summed E-state index contributed by atoms with van der Waals surface area (Å²) in [6.45, 7) is 4.43. The molecular formula is C26H22O7. The zero-order chi connectivity index (χ0) is 23.4. The largest absolute Gasteiger partial charge is 0.494 e. The summed E-state index contributed by atoms with van der Waals surface area (Å²) in [5.41, 5.74) is -0.748. The summed E-state index contributed by atoms with van der Waals surface area (Å²) in [6.07, 6.45) is 0.650. The van der Waals surface area contributed by atoms with E-state index in [1.54, 1.807) is 42.5 Å². The molecule has 0 saturated carbocycles. The van der Waals surface area contributed by atoms with Crippen molar-refractivity contribution >= 4 is 33.7 Å². The molecule has 4 rings (SSSR count). The number of hydrogen-bond donors (Lipinski definition) is 0. The van der Waals surface area contributed by atoms with E-state index >= 15 is 0 Å². The van der Waals surface area contributed by atoms with Crippen LogP contribution in [0.25, 0.3) is 21.7 Å². The molecule has 168 valence electrons. The van der Waals surface area contributed by atoms with E-state index in [2.05, 4.69) is 0 Å². The maximum Gasteiger partial charge on any atom is 0.351 e. The minimum atomic E-state index is -0.930. The fourth-order valence-electron chi connectivity index (χ4n) is 3.42. The fourth-order valence-corrected chi connectivity index (χ4v) is 3.42. The van der Waals surface area contributed by atoms with Crippen molar-refractivity contribution in [1.82, 2.24) is 0 Å². The van der Waals surface area contributed by atoms with Gasteiger partial charge < -0.3 is 18.6 Å². The van der Waals surface area contributed by atoms with Crippen LogP contribution in [-0.4, -0.2) is 25.2 Å². The van der Waals surface area contributed by atoms with Crippen molar-refractivity contribution in [3.05, 3.63) is 82.2 Å². The molecule has 3 aromatic carbocycles. The molecule has 1 heterocycles. The Morgan fingerprint density at radius 2 is 1.67 bits per heavy atom. The third-order valence-corrected chi connectivity index (χ3v) is 4.97. The minimum Gasteiger partial charge on any atom is -0.494 e. The molecule has 4 aromatic rings. The molecule has 0 aliphatic heterocycles. The first-order chi connectivity index (χ1) is 16.0. The Hall–Kier alpha value is -4.13. The zero-order valence-electron chi connectivity index (χ0n) is 18.3. The number of benzene rings is 3. The Balaban J connectivity index is 1.75. The molecule has 0 fully saturated rings. The van der Waals surface area contributed by atoms with Crippen molar-refractivity contribution in [3.63, 3.8) is 0 Å². The Labute approximate surface area is 189 Å². The van der Waals surface area contributed by atoms with Gasteiger partial charge in [0.25, 0.3) is 0 Å². The molecule has 0 spiro atoms. The van der Waals surface area contributed by atoms with Crippen LogP contribution in [0.4, 0.5) is 0 Å². The van der Waals surface area contributed by atoms with E-state index in [1.165, 1.54) is 6.07 Å². The summed E-state index contributed by atoms with van der Waals surface area (Å²) in [4.78, 5) is 38.2. The third kappa shape index (κ3) is 4.57. The van der Waals surface area contributed by atoms with Crippen molar-refractivity contribution in [1.29, 1.82) is 0 Å². The van der Waals surface area contributed by atoms with Crippen LogP contribution in [0.2, 0.25) is 0 Å². The lowest BCUT2D eigenvalue weighted by molar-refractivity contribution is 0.0500. The highest BCUT2D eigenvalue weighted by atomic mass is 16.5. The number of hydrogen-bond acceptors (Lipinski definition) is 7. The number of esters is 2. The van der Waals surface area contributed by atoms with Crippen molar-refractivity contribution in [2.75, 3.05) is 13.2 Å². The van der Waals surface area contributed by atoms with E-state index in [1.807, 2.05) is 26.0 Å². The maximum absolute atomic E-state index is 13.0. The quantitative estimate of drug-likeness (QED) is 0.221. The summed E-state index contributed by atoms with van der Waals surface area (Å²) in [5.74, 6) is -0.959. The molecule has 7 nitrogen and oxygen atoms in total. The number of rotatable bonds is 7. The van der Waals surface area contributed by atoms with E-state index in [4.69, 9.17) is 18.6 Å². The van der Waals surface area contributed by atoms with Gasteiger partial charge in [-0.2, -0.15) is 0 Å². The van der Waals surface area contributed by atoms with E-state index in [-0.39, 0.29) is 29.1 Å². The highest BCUT2D eigenvalue weighted by molar-refractivity contribution is 6.04. The molecule has 0 N–H and O–H groups in total. The van der Waals surface area contributed by atoms with Crippen molar-refractivity contribution in [3.8, 4) is 11.5 Å². The molecular weight excluding hydrogens is 424 g/mol. The summed E-state index contributed by atoms with van der Waals surface area (Å²) in [6, 6.07) is 16.8. The SMILES string of the molecule is CCCOC(=O)c1ccc2ccccc2c1OC(=O)c1cc2ccc(OCC)cc2oc1=O. The second-order valence-corrected chi connectivity index (χ2v) is 7.27. The molecule has 0 bridgehead atoms. The van der Waals surface area contributed by atoms with Gasteiger partial charge in [0.05, 0.1) is 13.2 Å². The predicted molar refractivity (Wildman–Crippen MR) is 123 cm³/mol. The second kappa shape index (κ2) is 9.56.